The van der Waals surface area contributed by atoms with Crippen molar-refractivity contribution in [1.82, 2.24) is 9.80 Å². The van der Waals surface area contributed by atoms with Crippen LogP contribution in [-0.2, 0) is 14.3 Å². The van der Waals surface area contributed by atoms with Gasteiger partial charge in [-0.1, -0.05) is 6.92 Å². The molecule has 0 aliphatic carbocycles. The molecule has 0 bridgehead atoms. The average molecular weight is 244 g/mol. The van der Waals surface area contributed by atoms with Crippen molar-refractivity contribution in [3.05, 3.63) is 0 Å². The number of carboxylic acid groups (broad SMARTS) is 1. The third kappa shape index (κ3) is 5.14. The first-order valence-electron chi connectivity index (χ1n) is 5.93. The van der Waals surface area contributed by atoms with Crippen LogP contribution in [0.3, 0.4) is 0 Å². The van der Waals surface area contributed by atoms with Crippen LogP contribution in [0.15, 0.2) is 0 Å². The molecule has 6 nitrogen and oxygen atoms in total. The first-order valence-corrected chi connectivity index (χ1v) is 5.93. The van der Waals surface area contributed by atoms with E-state index in [0.717, 1.165) is 6.42 Å². The van der Waals surface area contributed by atoms with Crippen LogP contribution in [0.25, 0.3) is 0 Å². The van der Waals surface area contributed by atoms with E-state index in [1.807, 2.05) is 11.8 Å². The maximum Gasteiger partial charge on any atom is 0.317 e. The number of carbonyl (C=O) groups excluding carboxylic acids is 1. The Balaban J connectivity index is 2.21. The first kappa shape index (κ1) is 13.9. The van der Waals surface area contributed by atoms with Gasteiger partial charge in [-0.3, -0.25) is 14.5 Å². The standard InChI is InChI=1S/C11H20N2O4/c1-2-7-17-9-10(14)13-5-3-12(4-6-13)8-11(15)16/h2-9H2,1H3,(H,15,16). The molecular weight excluding hydrogens is 224 g/mol. The van der Waals surface area contributed by atoms with Crippen molar-refractivity contribution in [2.45, 2.75) is 13.3 Å². The van der Waals surface area contributed by atoms with Gasteiger partial charge in [0.2, 0.25) is 5.91 Å². The van der Waals surface area contributed by atoms with Gasteiger partial charge in [-0.15, -0.1) is 0 Å². The van der Waals surface area contributed by atoms with Crippen LogP contribution in [0.4, 0.5) is 0 Å². The Labute approximate surface area is 101 Å². The van der Waals surface area contributed by atoms with Crippen LogP contribution < -0.4 is 0 Å². The Bertz CT molecular complexity index is 262. The van der Waals surface area contributed by atoms with Crippen molar-refractivity contribution in [3.63, 3.8) is 0 Å². The Morgan fingerprint density at radius 2 is 1.88 bits per heavy atom. The number of aliphatic carboxylic acids is 1. The Hall–Kier alpha value is -1.14. The highest BCUT2D eigenvalue weighted by Crippen LogP contribution is 2.02. The lowest BCUT2D eigenvalue weighted by molar-refractivity contribution is -0.140. The highest BCUT2D eigenvalue weighted by molar-refractivity contribution is 5.77. The second-order valence-corrected chi connectivity index (χ2v) is 4.10. The molecule has 0 aromatic rings. The number of ether oxygens (including phenoxy) is 1. The fourth-order valence-electron chi connectivity index (χ4n) is 1.74. The molecule has 6 heteroatoms. The number of rotatable bonds is 6. The number of carbonyl (C=O) groups is 2. The van der Waals surface area contributed by atoms with E-state index in [1.54, 1.807) is 4.90 Å². The smallest absolute Gasteiger partial charge is 0.317 e. The van der Waals surface area contributed by atoms with E-state index in [2.05, 4.69) is 0 Å². The summed E-state index contributed by atoms with van der Waals surface area (Å²) in [6, 6.07) is 0. The second-order valence-electron chi connectivity index (χ2n) is 4.10. The third-order valence-corrected chi connectivity index (χ3v) is 2.66. The monoisotopic (exact) mass is 244 g/mol. The summed E-state index contributed by atoms with van der Waals surface area (Å²) in [5, 5.41) is 8.64. The maximum absolute atomic E-state index is 11.7. The number of hydrogen-bond acceptors (Lipinski definition) is 4. The molecule has 0 aromatic carbocycles. The summed E-state index contributed by atoms with van der Waals surface area (Å²) in [5.74, 6) is -0.829. The van der Waals surface area contributed by atoms with Crippen molar-refractivity contribution in [1.29, 1.82) is 0 Å². The van der Waals surface area contributed by atoms with Gasteiger partial charge in [0.25, 0.3) is 0 Å². The zero-order chi connectivity index (χ0) is 12.7. The van der Waals surface area contributed by atoms with Crippen molar-refractivity contribution >= 4 is 11.9 Å². The fraction of sp³-hybridized carbons (Fsp3) is 0.818. The van der Waals surface area contributed by atoms with Gasteiger partial charge >= 0.3 is 5.97 Å². The third-order valence-electron chi connectivity index (χ3n) is 2.66. The molecule has 1 aliphatic rings. The SMILES string of the molecule is CCCOCC(=O)N1CCN(CC(=O)O)CC1. The van der Waals surface area contributed by atoms with Crippen LogP contribution in [0.1, 0.15) is 13.3 Å². The lowest BCUT2D eigenvalue weighted by Crippen LogP contribution is -2.50. The molecule has 17 heavy (non-hydrogen) atoms. The minimum absolute atomic E-state index is 0.00609. The molecule has 1 heterocycles. The summed E-state index contributed by atoms with van der Waals surface area (Å²) >= 11 is 0. The number of carboxylic acids is 1. The number of hydrogen-bond donors (Lipinski definition) is 1. The zero-order valence-electron chi connectivity index (χ0n) is 10.2. The van der Waals surface area contributed by atoms with Gasteiger partial charge in [0.15, 0.2) is 0 Å². The Morgan fingerprint density at radius 1 is 1.24 bits per heavy atom. The molecule has 1 amide bonds. The molecule has 0 radical (unpaired) electrons. The second kappa shape index (κ2) is 7.24. The first-order chi connectivity index (χ1) is 8.13. The van der Waals surface area contributed by atoms with E-state index >= 15 is 0 Å². The van der Waals surface area contributed by atoms with E-state index in [-0.39, 0.29) is 19.1 Å². The molecule has 0 aromatic heterocycles. The van der Waals surface area contributed by atoms with Gasteiger partial charge in [-0.05, 0) is 6.42 Å². The predicted octanol–water partition coefficient (Wildman–Crippen LogP) is -0.358. The van der Waals surface area contributed by atoms with E-state index in [4.69, 9.17) is 9.84 Å². The predicted molar refractivity (Wildman–Crippen MR) is 61.8 cm³/mol. The molecule has 0 atom stereocenters. The Morgan fingerprint density at radius 3 is 2.41 bits per heavy atom. The van der Waals surface area contributed by atoms with Gasteiger partial charge in [-0.25, -0.2) is 0 Å². The maximum atomic E-state index is 11.7. The van der Waals surface area contributed by atoms with E-state index in [9.17, 15) is 9.59 Å². The normalized spacial score (nSPS) is 17.1. The lowest BCUT2D eigenvalue weighted by Gasteiger charge is -2.33. The quantitative estimate of drug-likeness (QED) is 0.646. The number of amides is 1. The number of piperazine rings is 1. The molecular formula is C11H20N2O4. The highest BCUT2D eigenvalue weighted by Gasteiger charge is 2.21. The summed E-state index contributed by atoms with van der Waals surface area (Å²) in [4.78, 5) is 25.7. The Kier molecular flexibility index (Phi) is 5.93. The minimum atomic E-state index is -0.823. The topological polar surface area (TPSA) is 70.1 Å². The molecule has 0 spiro atoms. The molecule has 1 aliphatic heterocycles. The van der Waals surface area contributed by atoms with E-state index in [0.29, 0.717) is 32.8 Å². The van der Waals surface area contributed by atoms with Crippen molar-refractivity contribution < 1.29 is 19.4 Å². The van der Waals surface area contributed by atoms with Crippen molar-refractivity contribution in [3.8, 4) is 0 Å². The van der Waals surface area contributed by atoms with Crippen LogP contribution in [0, 0.1) is 0 Å². The van der Waals surface area contributed by atoms with Crippen LogP contribution >= 0.6 is 0 Å². The highest BCUT2D eigenvalue weighted by atomic mass is 16.5. The van der Waals surface area contributed by atoms with Gasteiger partial charge in [0, 0.05) is 32.8 Å². The van der Waals surface area contributed by atoms with Crippen molar-refractivity contribution in [2.24, 2.45) is 0 Å². The van der Waals surface area contributed by atoms with Crippen LogP contribution in [0.2, 0.25) is 0 Å². The summed E-state index contributed by atoms with van der Waals surface area (Å²) in [5.41, 5.74) is 0. The van der Waals surface area contributed by atoms with E-state index < -0.39 is 5.97 Å². The average Bonchev–Trinajstić information content (AvgIpc) is 2.29. The van der Waals surface area contributed by atoms with Gasteiger partial charge in [0.1, 0.15) is 6.61 Å². The summed E-state index contributed by atoms with van der Waals surface area (Å²) in [6.45, 7) is 5.18. The minimum Gasteiger partial charge on any atom is -0.480 e. The molecule has 1 saturated heterocycles. The molecule has 0 unspecified atom stereocenters. The summed E-state index contributed by atoms with van der Waals surface area (Å²) in [6.07, 6.45) is 0.902. The molecule has 0 saturated carbocycles. The lowest BCUT2D eigenvalue weighted by atomic mass is 10.3. The molecule has 1 rings (SSSR count). The van der Waals surface area contributed by atoms with Crippen molar-refractivity contribution in [2.75, 3.05) is 45.9 Å². The zero-order valence-corrected chi connectivity index (χ0v) is 10.2. The van der Waals surface area contributed by atoms with E-state index in [1.165, 1.54) is 0 Å². The number of nitrogens with zero attached hydrogens (tertiary/aromatic N) is 2. The van der Waals surface area contributed by atoms with Crippen LogP contribution in [0.5, 0.6) is 0 Å². The fourth-order valence-corrected chi connectivity index (χ4v) is 1.74. The molecule has 1 fully saturated rings. The largest absolute Gasteiger partial charge is 0.480 e. The summed E-state index contributed by atoms with van der Waals surface area (Å²) < 4.78 is 5.19. The van der Waals surface area contributed by atoms with Gasteiger partial charge in [0.05, 0.1) is 6.54 Å². The van der Waals surface area contributed by atoms with Crippen LogP contribution in [-0.4, -0.2) is 72.7 Å². The molecule has 98 valence electrons. The van der Waals surface area contributed by atoms with Gasteiger partial charge < -0.3 is 14.7 Å². The summed E-state index contributed by atoms with van der Waals surface area (Å²) in [7, 11) is 0. The molecule has 1 N–H and O–H groups in total. The van der Waals surface area contributed by atoms with Gasteiger partial charge in [-0.2, -0.15) is 0 Å².